The van der Waals surface area contributed by atoms with Crippen LogP contribution in [0, 0.1) is 13.8 Å². The van der Waals surface area contributed by atoms with Crippen LogP contribution in [0.4, 0.5) is 0 Å². The van der Waals surface area contributed by atoms with Crippen LogP contribution in [-0.4, -0.2) is 30.1 Å². The maximum atomic E-state index is 3.81. The SMILES string of the molecule is C.C.CC.CC.Cc1nccnn1.Cc1ncncn1. The predicted octanol–water partition coefficient (Wildman–Crippen LogP) is 3.68. The van der Waals surface area contributed by atoms with E-state index in [1.54, 1.807) is 19.3 Å². The Kier molecular flexibility index (Phi) is 29.5. The van der Waals surface area contributed by atoms with Crippen LogP contribution in [0.1, 0.15) is 54.2 Å². The minimum Gasteiger partial charge on any atom is -0.238 e. The van der Waals surface area contributed by atoms with E-state index in [0.717, 1.165) is 5.82 Å². The molecule has 0 amide bonds. The average molecular weight is 282 g/mol. The standard InChI is InChI=1S/2C4H5N3.2C2H6.2CH4/c1-4-6-2-5-3-7-4;1-4-5-2-3-6-7-4;2*1-2;;/h2*2-3H,1H3;2*1-2H3;2*1H4. The van der Waals surface area contributed by atoms with Crippen LogP contribution < -0.4 is 0 Å². The first-order valence-electron chi connectivity index (χ1n) is 5.98. The van der Waals surface area contributed by atoms with Crippen molar-refractivity contribution in [3.05, 3.63) is 36.7 Å². The van der Waals surface area contributed by atoms with Crippen molar-refractivity contribution in [1.82, 2.24) is 30.1 Å². The third-order valence-electron chi connectivity index (χ3n) is 1.22. The van der Waals surface area contributed by atoms with E-state index in [1.165, 1.54) is 12.7 Å². The number of nitrogens with zero attached hydrogens (tertiary/aromatic N) is 6. The van der Waals surface area contributed by atoms with E-state index >= 15 is 0 Å². The molecule has 0 radical (unpaired) electrons. The van der Waals surface area contributed by atoms with Gasteiger partial charge in [-0.3, -0.25) is 0 Å². The molecule has 0 atom stereocenters. The number of rotatable bonds is 0. The Labute approximate surface area is 124 Å². The summed E-state index contributed by atoms with van der Waals surface area (Å²) in [4.78, 5) is 14.9. The number of hydrogen-bond donors (Lipinski definition) is 0. The van der Waals surface area contributed by atoms with Crippen LogP contribution in [0.15, 0.2) is 25.0 Å². The van der Waals surface area contributed by atoms with Gasteiger partial charge in [0.05, 0.1) is 6.20 Å². The zero-order valence-electron chi connectivity index (χ0n) is 12.0. The molecule has 0 aliphatic rings. The molecule has 0 bridgehead atoms. The molecule has 0 aromatic carbocycles. The Balaban J connectivity index is -0.0000000950. The van der Waals surface area contributed by atoms with Gasteiger partial charge in [0.25, 0.3) is 0 Å². The van der Waals surface area contributed by atoms with Crippen molar-refractivity contribution in [2.24, 2.45) is 0 Å². The maximum absolute atomic E-state index is 3.81. The maximum Gasteiger partial charge on any atom is 0.147 e. The van der Waals surface area contributed by atoms with Crippen molar-refractivity contribution in [2.75, 3.05) is 0 Å². The van der Waals surface area contributed by atoms with Gasteiger partial charge >= 0.3 is 0 Å². The molecule has 116 valence electrons. The number of hydrogen-bond acceptors (Lipinski definition) is 6. The van der Waals surface area contributed by atoms with E-state index in [-0.39, 0.29) is 14.9 Å². The fourth-order valence-electron chi connectivity index (χ4n) is 0.611. The van der Waals surface area contributed by atoms with Gasteiger partial charge in [0.1, 0.15) is 24.3 Å². The summed E-state index contributed by atoms with van der Waals surface area (Å²) in [6, 6.07) is 0. The average Bonchev–Trinajstić information content (AvgIpc) is 2.46. The summed E-state index contributed by atoms with van der Waals surface area (Å²) in [6.07, 6.45) is 6.11. The van der Waals surface area contributed by atoms with Crippen LogP contribution in [0.3, 0.4) is 0 Å². The second-order valence-corrected chi connectivity index (χ2v) is 2.38. The van der Waals surface area contributed by atoms with Crippen molar-refractivity contribution < 1.29 is 0 Å². The Morgan fingerprint density at radius 1 is 0.700 bits per heavy atom. The lowest BCUT2D eigenvalue weighted by atomic mass is 10.7. The van der Waals surface area contributed by atoms with Crippen molar-refractivity contribution >= 4 is 0 Å². The fourth-order valence-corrected chi connectivity index (χ4v) is 0.611. The molecule has 20 heavy (non-hydrogen) atoms. The van der Waals surface area contributed by atoms with Crippen molar-refractivity contribution in [2.45, 2.75) is 56.4 Å². The van der Waals surface area contributed by atoms with Gasteiger partial charge in [-0.15, -0.1) is 5.10 Å². The number of aromatic nitrogens is 6. The first kappa shape index (κ1) is 26.6. The van der Waals surface area contributed by atoms with Gasteiger partial charge in [-0.1, -0.05) is 42.5 Å². The molecule has 0 saturated heterocycles. The summed E-state index contributed by atoms with van der Waals surface area (Å²) in [5.41, 5.74) is 0. The van der Waals surface area contributed by atoms with Gasteiger partial charge in [0.15, 0.2) is 0 Å². The molecule has 0 unspecified atom stereocenters. The highest BCUT2D eigenvalue weighted by molar-refractivity contribution is 4.74. The molecule has 0 fully saturated rings. The molecule has 0 saturated carbocycles. The summed E-state index contributed by atoms with van der Waals surface area (Å²) >= 11 is 0. The Bertz CT molecular complexity index is 315. The van der Waals surface area contributed by atoms with Crippen LogP contribution in [0.5, 0.6) is 0 Å². The van der Waals surface area contributed by atoms with Crippen molar-refractivity contribution in [3.63, 3.8) is 0 Å². The molecule has 2 aromatic rings. The molecule has 0 N–H and O–H groups in total. The van der Waals surface area contributed by atoms with Gasteiger partial charge < -0.3 is 0 Å². The topological polar surface area (TPSA) is 77.3 Å². The Morgan fingerprint density at radius 3 is 1.40 bits per heavy atom. The third kappa shape index (κ3) is 18.4. The van der Waals surface area contributed by atoms with Gasteiger partial charge in [-0.2, -0.15) is 5.10 Å². The largest absolute Gasteiger partial charge is 0.238 e. The highest BCUT2D eigenvalue weighted by atomic mass is 15.1. The monoisotopic (exact) mass is 282 g/mol. The van der Waals surface area contributed by atoms with E-state index in [4.69, 9.17) is 0 Å². The number of aryl methyl sites for hydroxylation is 2. The van der Waals surface area contributed by atoms with Crippen LogP contribution in [-0.2, 0) is 0 Å². The smallest absolute Gasteiger partial charge is 0.147 e. The summed E-state index contributed by atoms with van der Waals surface area (Å²) in [5.74, 6) is 1.47. The first-order valence-corrected chi connectivity index (χ1v) is 5.98. The van der Waals surface area contributed by atoms with E-state index in [2.05, 4.69) is 30.1 Å². The van der Waals surface area contributed by atoms with Crippen LogP contribution in [0.2, 0.25) is 0 Å². The lowest BCUT2D eigenvalue weighted by molar-refractivity contribution is 0.907. The van der Waals surface area contributed by atoms with Gasteiger partial charge in [-0.25, -0.2) is 19.9 Å². The highest BCUT2D eigenvalue weighted by Crippen LogP contribution is 1.75. The predicted molar refractivity (Wildman–Crippen MR) is 85.3 cm³/mol. The quantitative estimate of drug-likeness (QED) is 0.733. The first-order chi connectivity index (χ1) is 8.79. The van der Waals surface area contributed by atoms with Crippen LogP contribution >= 0.6 is 0 Å². The molecular formula is C14H30N6. The lowest BCUT2D eigenvalue weighted by Crippen LogP contribution is -1.85. The van der Waals surface area contributed by atoms with E-state index in [1.807, 2.05) is 34.6 Å². The van der Waals surface area contributed by atoms with E-state index in [9.17, 15) is 0 Å². The minimum atomic E-state index is 0. The van der Waals surface area contributed by atoms with Crippen molar-refractivity contribution in [3.8, 4) is 0 Å². The lowest BCUT2D eigenvalue weighted by Gasteiger charge is -1.80. The normalized spacial score (nSPS) is 6.70. The molecule has 0 aliphatic heterocycles. The van der Waals surface area contributed by atoms with E-state index < -0.39 is 0 Å². The Hall–Kier alpha value is -1.98. The summed E-state index contributed by atoms with van der Waals surface area (Å²) in [6.45, 7) is 11.6. The molecule has 2 aromatic heterocycles. The fraction of sp³-hybridized carbons (Fsp3) is 0.571. The molecule has 6 heteroatoms. The van der Waals surface area contributed by atoms with Crippen molar-refractivity contribution in [1.29, 1.82) is 0 Å². The Morgan fingerprint density at radius 2 is 1.20 bits per heavy atom. The minimum absolute atomic E-state index is 0. The molecule has 0 aliphatic carbocycles. The highest BCUT2D eigenvalue weighted by Gasteiger charge is 1.76. The third-order valence-corrected chi connectivity index (χ3v) is 1.22. The second-order valence-electron chi connectivity index (χ2n) is 2.38. The second kappa shape index (κ2) is 22.2. The van der Waals surface area contributed by atoms with Gasteiger partial charge in [0, 0.05) is 6.20 Å². The van der Waals surface area contributed by atoms with Gasteiger partial charge in [-0.05, 0) is 13.8 Å². The molecule has 2 rings (SSSR count). The van der Waals surface area contributed by atoms with Gasteiger partial charge in [0.2, 0.25) is 0 Å². The summed E-state index contributed by atoms with van der Waals surface area (Å²) < 4.78 is 0. The molecule has 2 heterocycles. The molecular weight excluding hydrogens is 252 g/mol. The molecule has 6 nitrogen and oxygen atoms in total. The summed E-state index contributed by atoms with van der Waals surface area (Å²) in [5, 5.41) is 7.19. The zero-order valence-corrected chi connectivity index (χ0v) is 12.0. The zero-order chi connectivity index (χ0) is 14.2. The van der Waals surface area contributed by atoms with E-state index in [0.29, 0.717) is 5.82 Å². The molecule has 0 spiro atoms. The summed E-state index contributed by atoms with van der Waals surface area (Å²) in [7, 11) is 0. The van der Waals surface area contributed by atoms with Crippen LogP contribution in [0.25, 0.3) is 0 Å².